The first-order chi connectivity index (χ1) is 13.8. The van der Waals surface area contributed by atoms with E-state index in [1.54, 1.807) is 13.8 Å². The van der Waals surface area contributed by atoms with Gasteiger partial charge in [0.05, 0.1) is 12.1 Å². The number of benzene rings is 1. The molecule has 3 rings (SSSR count). The number of aliphatic hydroxyl groups excluding tert-OH is 1. The zero-order chi connectivity index (χ0) is 21.0. The summed E-state index contributed by atoms with van der Waals surface area (Å²) in [6.45, 7) is 3.06. The molecule has 2 heterocycles. The van der Waals surface area contributed by atoms with Crippen molar-refractivity contribution in [1.29, 1.82) is 0 Å². The molecule has 0 bridgehead atoms. The van der Waals surface area contributed by atoms with Gasteiger partial charge >= 0.3 is 0 Å². The number of aliphatic hydroxyl groups is 1. The third-order valence-electron chi connectivity index (χ3n) is 3.84. The van der Waals surface area contributed by atoms with Crippen LogP contribution in [0, 0.1) is 11.6 Å². The van der Waals surface area contributed by atoms with E-state index in [1.807, 2.05) is 0 Å². The Morgan fingerprint density at radius 2 is 2.00 bits per heavy atom. The Morgan fingerprint density at radius 3 is 2.72 bits per heavy atom. The van der Waals surface area contributed by atoms with Gasteiger partial charge in [0.1, 0.15) is 11.4 Å². The maximum Gasteiger partial charge on any atom is 0.191 e. The van der Waals surface area contributed by atoms with Gasteiger partial charge in [-0.15, -0.1) is 0 Å². The average Bonchev–Trinajstić information content (AvgIpc) is 3.10. The Bertz CT molecular complexity index is 999. The first kappa shape index (κ1) is 21.6. The van der Waals surface area contributed by atoms with Crippen LogP contribution >= 0.6 is 23.1 Å². The number of thiazole rings is 1. The SMILES string of the molecule is CC(C)(CO)Nc1nc(SCc2cccc(F)c2F)nc2nc(NCCF)sc12. The molecule has 3 aromatic rings. The van der Waals surface area contributed by atoms with Gasteiger partial charge in [0.2, 0.25) is 0 Å². The second-order valence-electron chi connectivity index (χ2n) is 6.81. The van der Waals surface area contributed by atoms with E-state index in [4.69, 9.17) is 0 Å². The summed E-state index contributed by atoms with van der Waals surface area (Å²) in [5.74, 6) is -1.21. The van der Waals surface area contributed by atoms with E-state index in [0.717, 1.165) is 17.8 Å². The van der Waals surface area contributed by atoms with Gasteiger partial charge < -0.3 is 15.7 Å². The van der Waals surface area contributed by atoms with Crippen LogP contribution < -0.4 is 10.6 Å². The minimum Gasteiger partial charge on any atom is -0.394 e. The summed E-state index contributed by atoms with van der Waals surface area (Å²) in [6.07, 6.45) is 0. The lowest BCUT2D eigenvalue weighted by molar-refractivity contribution is 0.234. The van der Waals surface area contributed by atoms with Gasteiger partial charge in [0.25, 0.3) is 0 Å². The van der Waals surface area contributed by atoms with E-state index in [0.29, 0.717) is 26.5 Å². The number of anilines is 2. The molecule has 0 radical (unpaired) electrons. The Kier molecular flexibility index (Phi) is 6.81. The molecule has 0 aliphatic rings. The molecule has 0 atom stereocenters. The van der Waals surface area contributed by atoms with Crippen LogP contribution in [0.4, 0.5) is 24.1 Å². The molecule has 29 heavy (non-hydrogen) atoms. The first-order valence-electron chi connectivity index (χ1n) is 8.76. The number of nitrogens with one attached hydrogen (secondary N) is 2. The Balaban J connectivity index is 1.93. The van der Waals surface area contributed by atoms with Crippen molar-refractivity contribution in [2.45, 2.75) is 30.3 Å². The smallest absolute Gasteiger partial charge is 0.191 e. The van der Waals surface area contributed by atoms with Crippen molar-refractivity contribution in [3.63, 3.8) is 0 Å². The first-order valence-corrected chi connectivity index (χ1v) is 10.6. The third-order valence-corrected chi connectivity index (χ3v) is 5.75. The molecular formula is C18H20F3N5OS2. The number of hydrogen-bond donors (Lipinski definition) is 3. The normalized spacial score (nSPS) is 11.8. The van der Waals surface area contributed by atoms with Gasteiger partial charge in [-0.1, -0.05) is 35.2 Å². The fourth-order valence-corrected chi connectivity index (χ4v) is 4.04. The number of hydrogen-bond acceptors (Lipinski definition) is 8. The van der Waals surface area contributed by atoms with Crippen molar-refractivity contribution < 1.29 is 18.3 Å². The summed E-state index contributed by atoms with van der Waals surface area (Å²) in [5.41, 5.74) is -0.0636. The van der Waals surface area contributed by atoms with Crippen LogP contribution in [0.2, 0.25) is 0 Å². The molecule has 0 spiro atoms. The van der Waals surface area contributed by atoms with Gasteiger partial charge in [0, 0.05) is 17.9 Å². The maximum absolute atomic E-state index is 13.9. The van der Waals surface area contributed by atoms with Gasteiger partial charge in [-0.2, -0.15) is 4.98 Å². The molecule has 0 unspecified atom stereocenters. The van der Waals surface area contributed by atoms with Crippen LogP contribution in [0.15, 0.2) is 23.4 Å². The Hall–Kier alpha value is -2.11. The molecule has 11 heteroatoms. The van der Waals surface area contributed by atoms with Crippen molar-refractivity contribution in [2.24, 2.45) is 0 Å². The summed E-state index contributed by atoms with van der Waals surface area (Å²) in [7, 11) is 0. The largest absolute Gasteiger partial charge is 0.394 e. The lowest BCUT2D eigenvalue weighted by Crippen LogP contribution is -2.35. The van der Waals surface area contributed by atoms with Crippen molar-refractivity contribution in [3.05, 3.63) is 35.4 Å². The van der Waals surface area contributed by atoms with Crippen LogP contribution in [0.5, 0.6) is 0 Å². The highest BCUT2D eigenvalue weighted by atomic mass is 32.2. The highest BCUT2D eigenvalue weighted by Gasteiger charge is 2.21. The molecule has 0 saturated heterocycles. The van der Waals surface area contributed by atoms with Crippen LogP contribution in [0.3, 0.4) is 0 Å². The lowest BCUT2D eigenvalue weighted by Gasteiger charge is -2.24. The van der Waals surface area contributed by atoms with Crippen LogP contribution in [0.1, 0.15) is 19.4 Å². The van der Waals surface area contributed by atoms with E-state index in [1.165, 1.54) is 23.5 Å². The van der Waals surface area contributed by atoms with Crippen molar-refractivity contribution >= 4 is 44.4 Å². The molecule has 2 aromatic heterocycles. The van der Waals surface area contributed by atoms with E-state index in [-0.39, 0.29) is 24.5 Å². The number of nitrogens with zero attached hydrogens (tertiary/aromatic N) is 3. The molecule has 0 amide bonds. The quantitative estimate of drug-likeness (QED) is 0.337. The van der Waals surface area contributed by atoms with Gasteiger partial charge in [-0.05, 0) is 19.9 Å². The van der Waals surface area contributed by atoms with Gasteiger partial charge in [-0.3, -0.25) is 0 Å². The molecule has 156 valence electrons. The summed E-state index contributed by atoms with van der Waals surface area (Å²) < 4.78 is 40.4. The number of alkyl halides is 1. The number of thioether (sulfide) groups is 1. The lowest BCUT2D eigenvalue weighted by atomic mass is 10.1. The molecule has 6 nitrogen and oxygen atoms in total. The summed E-state index contributed by atoms with van der Waals surface area (Å²) in [4.78, 5) is 13.2. The fourth-order valence-electron chi connectivity index (χ4n) is 2.35. The highest BCUT2D eigenvalue weighted by Crippen LogP contribution is 2.34. The van der Waals surface area contributed by atoms with E-state index >= 15 is 0 Å². The fraction of sp³-hybridized carbons (Fsp3) is 0.389. The second-order valence-corrected chi connectivity index (χ2v) is 8.75. The van der Waals surface area contributed by atoms with E-state index in [9.17, 15) is 18.3 Å². The number of aromatic nitrogens is 3. The molecular weight excluding hydrogens is 423 g/mol. The van der Waals surface area contributed by atoms with Crippen molar-refractivity contribution in [3.8, 4) is 0 Å². The van der Waals surface area contributed by atoms with Crippen molar-refractivity contribution in [1.82, 2.24) is 15.0 Å². The summed E-state index contributed by atoms with van der Waals surface area (Å²) in [6, 6.07) is 4.00. The number of fused-ring (bicyclic) bond motifs is 1. The van der Waals surface area contributed by atoms with E-state index < -0.39 is 23.8 Å². The van der Waals surface area contributed by atoms with Crippen LogP contribution in [0.25, 0.3) is 10.3 Å². The molecule has 3 N–H and O–H groups in total. The molecule has 0 saturated carbocycles. The third kappa shape index (κ3) is 5.28. The minimum atomic E-state index is -0.908. The second kappa shape index (κ2) is 9.14. The van der Waals surface area contributed by atoms with Gasteiger partial charge in [-0.25, -0.2) is 23.1 Å². The van der Waals surface area contributed by atoms with Crippen LogP contribution in [-0.2, 0) is 5.75 Å². The predicted octanol–water partition coefficient (Wildman–Crippen LogP) is 4.22. The Labute approximate surface area is 174 Å². The summed E-state index contributed by atoms with van der Waals surface area (Å²) >= 11 is 2.40. The van der Waals surface area contributed by atoms with Crippen LogP contribution in [-0.4, -0.2) is 45.4 Å². The van der Waals surface area contributed by atoms with E-state index in [2.05, 4.69) is 25.6 Å². The minimum absolute atomic E-state index is 0.124. The number of halogens is 3. The topological polar surface area (TPSA) is 83.0 Å². The maximum atomic E-state index is 13.9. The van der Waals surface area contributed by atoms with Gasteiger partial charge in [0.15, 0.2) is 33.4 Å². The predicted molar refractivity (Wildman–Crippen MR) is 110 cm³/mol. The molecule has 0 fully saturated rings. The Morgan fingerprint density at radius 1 is 1.21 bits per heavy atom. The van der Waals surface area contributed by atoms with Crippen molar-refractivity contribution in [2.75, 3.05) is 30.5 Å². The zero-order valence-electron chi connectivity index (χ0n) is 15.8. The monoisotopic (exact) mass is 443 g/mol. The molecule has 0 aliphatic carbocycles. The molecule has 0 aliphatic heterocycles. The standard InChI is InChI=1S/C18H20F3N5OS2/c1-18(2,9-27)26-15-13-14(23-16(29-13)22-7-6-19)24-17(25-15)28-8-10-4-3-5-11(20)12(10)21/h3-5,27H,6-9H2,1-2H3,(H2,22,23,24,25,26). The zero-order valence-corrected chi connectivity index (χ0v) is 17.4. The number of rotatable bonds is 9. The average molecular weight is 444 g/mol. The summed E-state index contributed by atoms with van der Waals surface area (Å²) in [5, 5.41) is 16.4. The molecule has 1 aromatic carbocycles. The highest BCUT2D eigenvalue weighted by molar-refractivity contribution is 7.98.